The van der Waals surface area contributed by atoms with E-state index in [0.29, 0.717) is 0 Å². The van der Waals surface area contributed by atoms with Crippen LogP contribution in [0.1, 0.15) is 51.4 Å². The highest BCUT2D eigenvalue weighted by atomic mass is 16.4. The molecule has 0 heterocycles. The Morgan fingerprint density at radius 3 is 1.20 bits per heavy atom. The van der Waals surface area contributed by atoms with E-state index in [9.17, 15) is 30.0 Å². The van der Waals surface area contributed by atoms with Crippen LogP contribution in [-0.4, -0.2) is 67.0 Å². The first-order valence-corrected chi connectivity index (χ1v) is 8.79. The number of aliphatic hydroxyl groups excluding tert-OH is 4. The zero-order valence-corrected chi connectivity index (χ0v) is 14.1. The molecule has 0 amide bonds. The number of rotatable bonds is 6. The van der Waals surface area contributed by atoms with E-state index in [1.165, 1.54) is 0 Å². The van der Waals surface area contributed by atoms with Crippen molar-refractivity contribution in [3.8, 4) is 0 Å². The molecule has 25 heavy (non-hydrogen) atoms. The van der Waals surface area contributed by atoms with Crippen LogP contribution in [-0.2, 0) is 9.59 Å². The van der Waals surface area contributed by atoms with Crippen LogP contribution in [0.15, 0.2) is 0 Å². The Morgan fingerprint density at radius 2 is 0.960 bits per heavy atom. The summed E-state index contributed by atoms with van der Waals surface area (Å²) >= 11 is 0. The first-order chi connectivity index (χ1) is 11.6. The average Bonchev–Trinajstić information content (AvgIpc) is 2.44. The topological polar surface area (TPSA) is 156 Å². The summed E-state index contributed by atoms with van der Waals surface area (Å²) in [6.45, 7) is 0. The number of carboxylic acid groups (broad SMARTS) is 2. The molecule has 6 N–H and O–H groups in total. The molecular formula is C17H28O8. The van der Waals surface area contributed by atoms with E-state index in [1.54, 1.807) is 0 Å². The molecule has 8 nitrogen and oxygen atoms in total. The third-order valence-electron chi connectivity index (χ3n) is 5.93. The number of carboxylic acids is 2. The third kappa shape index (κ3) is 4.91. The van der Waals surface area contributed by atoms with Crippen LogP contribution in [0.5, 0.6) is 0 Å². The van der Waals surface area contributed by atoms with Gasteiger partial charge in [0, 0.05) is 24.7 Å². The van der Waals surface area contributed by atoms with E-state index in [4.69, 9.17) is 10.2 Å². The zero-order valence-electron chi connectivity index (χ0n) is 14.1. The van der Waals surface area contributed by atoms with Crippen molar-refractivity contribution in [3.05, 3.63) is 0 Å². The summed E-state index contributed by atoms with van der Waals surface area (Å²) in [6.07, 6.45) is -2.32. The molecule has 0 saturated heterocycles. The molecule has 2 fully saturated rings. The molecule has 2 saturated carbocycles. The van der Waals surface area contributed by atoms with E-state index in [2.05, 4.69) is 0 Å². The number of aliphatic carboxylic acids is 2. The largest absolute Gasteiger partial charge is 0.481 e. The van der Waals surface area contributed by atoms with Crippen molar-refractivity contribution in [1.29, 1.82) is 0 Å². The van der Waals surface area contributed by atoms with Crippen LogP contribution in [0.3, 0.4) is 0 Å². The second-order valence-corrected chi connectivity index (χ2v) is 7.78. The molecular weight excluding hydrogens is 332 g/mol. The van der Waals surface area contributed by atoms with Gasteiger partial charge in [0.25, 0.3) is 0 Å². The lowest BCUT2D eigenvalue weighted by Gasteiger charge is -2.51. The van der Waals surface area contributed by atoms with E-state index in [1.807, 2.05) is 0 Å². The Hall–Kier alpha value is -1.22. The maximum Gasteiger partial charge on any atom is 0.303 e. The Bertz CT molecular complexity index is 422. The molecule has 4 unspecified atom stereocenters. The molecule has 144 valence electrons. The van der Waals surface area contributed by atoms with Gasteiger partial charge in [0.1, 0.15) is 0 Å². The highest BCUT2D eigenvalue weighted by Crippen LogP contribution is 2.51. The van der Waals surface area contributed by atoms with Crippen molar-refractivity contribution in [2.24, 2.45) is 17.3 Å². The summed E-state index contributed by atoms with van der Waals surface area (Å²) in [7, 11) is 0. The van der Waals surface area contributed by atoms with Crippen LogP contribution in [0.4, 0.5) is 0 Å². The fourth-order valence-corrected chi connectivity index (χ4v) is 4.74. The second kappa shape index (κ2) is 7.99. The number of carbonyl (C=O) groups is 2. The smallest absolute Gasteiger partial charge is 0.303 e. The minimum Gasteiger partial charge on any atom is -0.481 e. The minimum atomic E-state index is -0.982. The van der Waals surface area contributed by atoms with Crippen molar-refractivity contribution < 1.29 is 40.2 Å². The van der Waals surface area contributed by atoms with Gasteiger partial charge in [-0.15, -0.1) is 0 Å². The molecule has 0 aromatic carbocycles. The Labute approximate surface area is 146 Å². The molecule has 8 heteroatoms. The monoisotopic (exact) mass is 360 g/mol. The molecule has 2 rings (SSSR count). The fraction of sp³-hybridized carbons (Fsp3) is 0.882. The highest BCUT2D eigenvalue weighted by molar-refractivity contribution is 5.66. The van der Waals surface area contributed by atoms with Gasteiger partial charge in [-0.1, -0.05) is 0 Å². The van der Waals surface area contributed by atoms with Crippen molar-refractivity contribution in [2.75, 3.05) is 0 Å². The summed E-state index contributed by atoms with van der Waals surface area (Å²) in [5, 5.41) is 59.1. The zero-order chi connectivity index (χ0) is 18.8. The summed E-state index contributed by atoms with van der Waals surface area (Å²) in [6, 6.07) is 0. The van der Waals surface area contributed by atoms with Gasteiger partial charge in [0.15, 0.2) is 0 Å². The molecule has 2 aliphatic rings. The lowest BCUT2D eigenvalue weighted by molar-refractivity contribution is -0.150. The van der Waals surface area contributed by atoms with Gasteiger partial charge in [0.05, 0.1) is 24.4 Å². The summed E-state index contributed by atoms with van der Waals surface area (Å²) in [4.78, 5) is 21.4. The van der Waals surface area contributed by atoms with Gasteiger partial charge >= 0.3 is 11.9 Å². The Morgan fingerprint density at radius 1 is 0.680 bits per heavy atom. The van der Waals surface area contributed by atoms with Gasteiger partial charge in [-0.25, -0.2) is 0 Å². The number of aliphatic hydroxyl groups is 4. The lowest BCUT2D eigenvalue weighted by Crippen LogP contribution is -2.53. The lowest BCUT2D eigenvalue weighted by atomic mass is 9.57. The maximum atomic E-state index is 10.7. The van der Waals surface area contributed by atoms with Gasteiger partial charge in [-0.2, -0.15) is 0 Å². The van der Waals surface area contributed by atoms with Crippen LogP contribution < -0.4 is 0 Å². The van der Waals surface area contributed by atoms with Crippen LogP contribution in [0.2, 0.25) is 0 Å². The van der Waals surface area contributed by atoms with Gasteiger partial charge in [-0.3, -0.25) is 9.59 Å². The van der Waals surface area contributed by atoms with Crippen molar-refractivity contribution in [1.82, 2.24) is 0 Å². The highest BCUT2D eigenvalue weighted by Gasteiger charge is 2.51. The predicted molar refractivity (Wildman–Crippen MR) is 85.6 cm³/mol. The first kappa shape index (κ1) is 20.1. The summed E-state index contributed by atoms with van der Waals surface area (Å²) < 4.78 is 0. The summed E-state index contributed by atoms with van der Waals surface area (Å²) in [5.74, 6) is -3.02. The third-order valence-corrected chi connectivity index (χ3v) is 5.93. The van der Waals surface area contributed by atoms with E-state index < -0.39 is 53.6 Å². The molecule has 0 aromatic heterocycles. The fourth-order valence-electron chi connectivity index (χ4n) is 4.74. The maximum absolute atomic E-state index is 10.7. The van der Waals surface area contributed by atoms with Gasteiger partial charge in [-0.05, 0) is 43.9 Å². The summed E-state index contributed by atoms with van der Waals surface area (Å²) in [5.41, 5.74) is -0.614. The van der Waals surface area contributed by atoms with Gasteiger partial charge in [0.2, 0.25) is 0 Å². The van der Waals surface area contributed by atoms with E-state index in [0.717, 1.165) is 0 Å². The van der Waals surface area contributed by atoms with Crippen LogP contribution >= 0.6 is 0 Å². The molecule has 1 spiro atoms. The van der Waals surface area contributed by atoms with Crippen molar-refractivity contribution >= 4 is 11.9 Å². The van der Waals surface area contributed by atoms with E-state index >= 15 is 0 Å². The Kier molecular flexibility index (Phi) is 6.42. The van der Waals surface area contributed by atoms with E-state index in [-0.39, 0.29) is 51.4 Å². The second-order valence-electron chi connectivity index (χ2n) is 7.78. The quantitative estimate of drug-likeness (QED) is 0.385. The first-order valence-electron chi connectivity index (χ1n) is 8.79. The molecule has 0 bridgehead atoms. The predicted octanol–water partition coefficient (Wildman–Crippen LogP) is -0.0340. The number of hydrogen-bond acceptors (Lipinski definition) is 6. The van der Waals surface area contributed by atoms with Crippen LogP contribution in [0.25, 0.3) is 0 Å². The standard InChI is InChI=1S/C17H28O8/c18-11-5-17(6-12(19)9(11)1-3-15(22)23)7-13(20)10(14(21)8-17)2-4-16(24)25/h9-14,18-21H,1-8H2,(H,22,23)(H,24,25). The van der Waals surface area contributed by atoms with Crippen molar-refractivity contribution in [2.45, 2.75) is 75.8 Å². The van der Waals surface area contributed by atoms with Gasteiger partial charge < -0.3 is 30.6 Å². The van der Waals surface area contributed by atoms with Crippen LogP contribution in [0, 0.1) is 17.3 Å². The molecule has 4 atom stereocenters. The number of hydrogen-bond donors (Lipinski definition) is 6. The molecule has 0 radical (unpaired) electrons. The average molecular weight is 360 g/mol. The normalized spacial score (nSPS) is 41.6. The minimum absolute atomic E-state index is 0.131. The van der Waals surface area contributed by atoms with Crippen molar-refractivity contribution in [3.63, 3.8) is 0 Å². The SMILES string of the molecule is O=C(O)CCC1C(O)CC2(CC1O)CC(O)C(CCC(=O)O)C(O)C2. The molecule has 2 aliphatic carbocycles. The Balaban J connectivity index is 2.01. The molecule has 0 aliphatic heterocycles. The molecule has 0 aromatic rings.